The van der Waals surface area contributed by atoms with Crippen LogP contribution in [0.3, 0.4) is 0 Å². The molecule has 1 amide bonds. The van der Waals surface area contributed by atoms with E-state index in [4.69, 9.17) is 0 Å². The van der Waals surface area contributed by atoms with Crippen molar-refractivity contribution in [2.45, 2.75) is 26.3 Å². The molecule has 6 heteroatoms. The maximum atomic E-state index is 12.2. The van der Waals surface area contributed by atoms with Crippen LogP contribution in [-0.2, 0) is 13.0 Å². The molecule has 1 aliphatic heterocycles. The number of benzene rings is 1. The Labute approximate surface area is 134 Å². The molecule has 1 aromatic carbocycles. The topological polar surface area (TPSA) is 66.9 Å². The van der Waals surface area contributed by atoms with Gasteiger partial charge in [0.25, 0.3) is 5.91 Å². The Balaban J connectivity index is 1.59. The summed E-state index contributed by atoms with van der Waals surface area (Å²) in [4.78, 5) is 12.2. The Morgan fingerprint density at radius 1 is 1.45 bits per heavy atom. The van der Waals surface area contributed by atoms with Crippen molar-refractivity contribution in [2.24, 2.45) is 5.92 Å². The first-order valence-corrected chi connectivity index (χ1v) is 8.39. The van der Waals surface area contributed by atoms with E-state index in [0.717, 1.165) is 29.5 Å². The molecule has 0 spiro atoms. The van der Waals surface area contributed by atoms with Crippen molar-refractivity contribution in [3.8, 4) is 0 Å². The molecule has 5 nitrogen and oxygen atoms in total. The highest BCUT2D eigenvalue weighted by Crippen LogP contribution is 2.16. The van der Waals surface area contributed by atoms with E-state index < -0.39 is 0 Å². The first-order chi connectivity index (χ1) is 10.7. The standard InChI is InChI=1S/C16H20N4OS/c1-11-19-20-15(22-11)10-18-16(21)14-4-2-3-12(8-14)7-13-5-6-17-9-13/h2-4,8,13,17H,5-7,9-10H2,1H3,(H,18,21). The molecular weight excluding hydrogens is 296 g/mol. The smallest absolute Gasteiger partial charge is 0.251 e. The first kappa shape index (κ1) is 15.1. The van der Waals surface area contributed by atoms with Crippen molar-refractivity contribution < 1.29 is 4.79 Å². The average molecular weight is 316 g/mol. The lowest BCUT2D eigenvalue weighted by Gasteiger charge is -2.10. The molecule has 1 saturated heterocycles. The minimum absolute atomic E-state index is 0.0562. The molecule has 1 unspecified atom stereocenters. The molecule has 1 atom stereocenters. The number of rotatable bonds is 5. The SMILES string of the molecule is Cc1nnc(CNC(=O)c2cccc(CC3CCNC3)c2)s1. The Hall–Kier alpha value is -1.79. The zero-order valence-corrected chi connectivity index (χ0v) is 13.4. The van der Waals surface area contributed by atoms with Crippen molar-refractivity contribution in [2.75, 3.05) is 13.1 Å². The maximum absolute atomic E-state index is 12.2. The molecule has 22 heavy (non-hydrogen) atoms. The summed E-state index contributed by atoms with van der Waals surface area (Å²) in [6.07, 6.45) is 2.25. The van der Waals surface area contributed by atoms with Crippen molar-refractivity contribution in [3.05, 3.63) is 45.4 Å². The number of carbonyl (C=O) groups is 1. The van der Waals surface area contributed by atoms with Gasteiger partial charge in [0.05, 0.1) is 6.54 Å². The number of nitrogens with one attached hydrogen (secondary N) is 2. The fourth-order valence-electron chi connectivity index (χ4n) is 2.73. The van der Waals surface area contributed by atoms with Gasteiger partial charge in [-0.1, -0.05) is 23.5 Å². The molecule has 0 aliphatic carbocycles. The number of carbonyl (C=O) groups excluding carboxylic acids is 1. The fraction of sp³-hybridized carbons (Fsp3) is 0.438. The highest BCUT2D eigenvalue weighted by atomic mass is 32.1. The van der Waals surface area contributed by atoms with Gasteiger partial charge in [-0.2, -0.15) is 0 Å². The van der Waals surface area contributed by atoms with Gasteiger partial charge in [-0.15, -0.1) is 10.2 Å². The lowest BCUT2D eigenvalue weighted by molar-refractivity contribution is 0.0950. The Morgan fingerprint density at radius 3 is 3.09 bits per heavy atom. The molecule has 1 aromatic heterocycles. The van der Waals surface area contributed by atoms with Crippen LogP contribution in [0.5, 0.6) is 0 Å². The van der Waals surface area contributed by atoms with Gasteiger partial charge in [-0.25, -0.2) is 0 Å². The van der Waals surface area contributed by atoms with Crippen molar-refractivity contribution in [3.63, 3.8) is 0 Å². The number of hydrogen-bond acceptors (Lipinski definition) is 5. The van der Waals surface area contributed by atoms with Crippen molar-refractivity contribution in [1.82, 2.24) is 20.8 Å². The summed E-state index contributed by atoms with van der Waals surface area (Å²) in [5, 5.41) is 16.0. The van der Waals surface area contributed by atoms with Crippen LogP contribution >= 0.6 is 11.3 Å². The second-order valence-electron chi connectivity index (χ2n) is 5.66. The minimum atomic E-state index is -0.0562. The number of aromatic nitrogens is 2. The first-order valence-electron chi connectivity index (χ1n) is 7.57. The molecule has 2 N–H and O–H groups in total. The molecule has 1 aliphatic rings. The van der Waals surface area contributed by atoms with E-state index in [9.17, 15) is 4.79 Å². The Kier molecular flexibility index (Phi) is 4.80. The van der Waals surface area contributed by atoms with E-state index in [2.05, 4.69) is 26.9 Å². The van der Waals surface area contributed by atoms with Crippen LogP contribution in [-0.4, -0.2) is 29.2 Å². The van der Waals surface area contributed by atoms with Gasteiger partial charge in [0, 0.05) is 5.56 Å². The van der Waals surface area contributed by atoms with Crippen LogP contribution in [0.2, 0.25) is 0 Å². The maximum Gasteiger partial charge on any atom is 0.251 e. The fourth-order valence-corrected chi connectivity index (χ4v) is 3.38. The van der Waals surface area contributed by atoms with Crippen LogP contribution in [0, 0.1) is 12.8 Å². The third-order valence-electron chi connectivity index (χ3n) is 3.84. The summed E-state index contributed by atoms with van der Waals surface area (Å²) in [5.41, 5.74) is 1.94. The summed E-state index contributed by atoms with van der Waals surface area (Å²) in [6.45, 7) is 4.52. The molecule has 2 heterocycles. The number of hydrogen-bond donors (Lipinski definition) is 2. The zero-order valence-electron chi connectivity index (χ0n) is 12.6. The normalized spacial score (nSPS) is 17.6. The average Bonchev–Trinajstić information content (AvgIpc) is 3.17. The van der Waals surface area contributed by atoms with E-state index >= 15 is 0 Å². The Morgan fingerprint density at radius 2 is 2.36 bits per heavy atom. The predicted octanol–water partition coefficient (Wildman–Crippen LogP) is 1.93. The molecule has 0 bridgehead atoms. The van der Waals surface area contributed by atoms with Gasteiger partial charge in [0.2, 0.25) is 0 Å². The summed E-state index contributed by atoms with van der Waals surface area (Å²) >= 11 is 1.51. The van der Waals surface area contributed by atoms with E-state index in [-0.39, 0.29) is 5.91 Å². The molecule has 0 saturated carbocycles. The number of aryl methyl sites for hydroxylation is 1. The third-order valence-corrected chi connectivity index (χ3v) is 4.68. The van der Waals surface area contributed by atoms with Crippen molar-refractivity contribution >= 4 is 17.2 Å². The van der Waals surface area contributed by atoms with E-state index in [1.54, 1.807) is 0 Å². The van der Waals surface area contributed by atoms with Gasteiger partial charge >= 0.3 is 0 Å². The highest BCUT2D eigenvalue weighted by Gasteiger charge is 2.15. The lowest BCUT2D eigenvalue weighted by Crippen LogP contribution is -2.23. The predicted molar refractivity (Wildman–Crippen MR) is 86.9 cm³/mol. The van der Waals surface area contributed by atoms with Crippen LogP contribution < -0.4 is 10.6 Å². The van der Waals surface area contributed by atoms with Gasteiger partial charge in [-0.05, 0) is 56.5 Å². The molecular formula is C16H20N4OS. The van der Waals surface area contributed by atoms with Gasteiger partial charge in [0.15, 0.2) is 0 Å². The van der Waals surface area contributed by atoms with E-state index in [1.807, 2.05) is 25.1 Å². The zero-order chi connectivity index (χ0) is 15.4. The van der Waals surface area contributed by atoms with Crippen LogP contribution in [0.15, 0.2) is 24.3 Å². The largest absolute Gasteiger partial charge is 0.345 e. The van der Waals surface area contributed by atoms with Gasteiger partial charge < -0.3 is 10.6 Å². The summed E-state index contributed by atoms with van der Waals surface area (Å²) in [6, 6.07) is 7.92. The number of amides is 1. The molecule has 0 radical (unpaired) electrons. The van der Waals surface area contributed by atoms with Crippen LogP contribution in [0.4, 0.5) is 0 Å². The van der Waals surface area contributed by atoms with Gasteiger partial charge in [-0.3, -0.25) is 4.79 Å². The van der Waals surface area contributed by atoms with Gasteiger partial charge in [0.1, 0.15) is 10.0 Å². The Bertz CT molecular complexity index is 649. The highest BCUT2D eigenvalue weighted by molar-refractivity contribution is 7.11. The third kappa shape index (κ3) is 3.90. The van der Waals surface area contributed by atoms with E-state index in [0.29, 0.717) is 18.0 Å². The lowest BCUT2D eigenvalue weighted by atomic mass is 9.97. The molecule has 116 valence electrons. The van der Waals surface area contributed by atoms with E-state index in [1.165, 1.54) is 23.3 Å². The van der Waals surface area contributed by atoms with Crippen molar-refractivity contribution in [1.29, 1.82) is 0 Å². The molecule has 1 fully saturated rings. The molecule has 2 aromatic rings. The number of nitrogens with zero attached hydrogens (tertiary/aromatic N) is 2. The van der Waals surface area contributed by atoms with Crippen LogP contribution in [0.25, 0.3) is 0 Å². The monoisotopic (exact) mass is 316 g/mol. The summed E-state index contributed by atoms with van der Waals surface area (Å²) in [5.74, 6) is 0.627. The quantitative estimate of drug-likeness (QED) is 0.884. The summed E-state index contributed by atoms with van der Waals surface area (Å²) < 4.78 is 0. The summed E-state index contributed by atoms with van der Waals surface area (Å²) in [7, 11) is 0. The molecule has 3 rings (SSSR count). The van der Waals surface area contributed by atoms with Crippen LogP contribution in [0.1, 0.15) is 32.4 Å². The minimum Gasteiger partial charge on any atom is -0.345 e. The second kappa shape index (κ2) is 6.98. The second-order valence-corrected chi connectivity index (χ2v) is 6.93.